The Labute approximate surface area is 212 Å². The fourth-order valence-corrected chi connectivity index (χ4v) is 5.11. The van der Waals surface area contributed by atoms with Gasteiger partial charge in [-0.1, -0.05) is 6.07 Å². The van der Waals surface area contributed by atoms with Crippen molar-refractivity contribution >= 4 is 17.0 Å². The zero-order chi connectivity index (χ0) is 27.2. The Morgan fingerprint density at radius 3 is 2.54 bits per heavy atom. The normalized spacial score (nSPS) is 19.7. The molecule has 2 aromatic heterocycles. The van der Waals surface area contributed by atoms with Crippen LogP contribution in [0, 0.1) is 17.1 Å². The van der Waals surface area contributed by atoms with Crippen LogP contribution in [-0.4, -0.2) is 55.3 Å². The van der Waals surface area contributed by atoms with Crippen LogP contribution in [0.5, 0.6) is 5.75 Å². The summed E-state index contributed by atoms with van der Waals surface area (Å²) in [6.07, 6.45) is -3.36. The number of alkyl halides is 2. The quantitative estimate of drug-likeness (QED) is 0.494. The van der Waals surface area contributed by atoms with E-state index in [2.05, 4.69) is 20.9 Å². The van der Waals surface area contributed by atoms with Gasteiger partial charge in [-0.3, -0.25) is 9.47 Å². The third kappa shape index (κ3) is 5.00. The molecule has 0 N–H and O–H groups in total. The van der Waals surface area contributed by atoms with Gasteiger partial charge in [0.1, 0.15) is 28.6 Å². The molecule has 9 nitrogen and oxygen atoms in total. The molecule has 1 aliphatic heterocycles. The van der Waals surface area contributed by atoms with Crippen LogP contribution in [0.4, 0.5) is 19.0 Å². The highest BCUT2D eigenvalue weighted by atomic mass is 19.3. The van der Waals surface area contributed by atoms with Crippen molar-refractivity contribution in [3.05, 3.63) is 45.9 Å². The van der Waals surface area contributed by atoms with Crippen LogP contribution in [-0.2, 0) is 20.5 Å². The first kappa shape index (κ1) is 26.5. The fourth-order valence-electron chi connectivity index (χ4n) is 5.11. The molecule has 0 bridgehead atoms. The van der Waals surface area contributed by atoms with Gasteiger partial charge in [0.05, 0.1) is 12.5 Å². The van der Waals surface area contributed by atoms with E-state index in [1.807, 2.05) is 25.7 Å². The van der Waals surface area contributed by atoms with Crippen LogP contribution < -0.4 is 15.3 Å². The third-order valence-electron chi connectivity index (χ3n) is 6.93. The predicted molar refractivity (Wildman–Crippen MR) is 132 cm³/mol. The molecule has 12 heteroatoms. The summed E-state index contributed by atoms with van der Waals surface area (Å²) in [6, 6.07) is 5.22. The Kier molecular flexibility index (Phi) is 6.94. The summed E-state index contributed by atoms with van der Waals surface area (Å²) in [5.41, 5.74) is 1.13. The maximum Gasteiger partial charge on any atom is 0.394 e. The monoisotopic (exact) mass is 517 g/mol. The van der Waals surface area contributed by atoms with E-state index in [4.69, 9.17) is 4.74 Å². The number of aryl methyl sites for hydroxylation is 2. The van der Waals surface area contributed by atoms with E-state index in [1.165, 1.54) is 16.7 Å². The second kappa shape index (κ2) is 9.70. The molecule has 0 radical (unpaired) electrons. The van der Waals surface area contributed by atoms with Crippen molar-refractivity contribution in [3.63, 3.8) is 0 Å². The van der Waals surface area contributed by atoms with Crippen molar-refractivity contribution in [3.8, 4) is 11.8 Å². The van der Waals surface area contributed by atoms with E-state index < -0.39 is 17.6 Å². The number of aromatic nitrogens is 4. The van der Waals surface area contributed by atoms with Gasteiger partial charge in [0.15, 0.2) is 5.82 Å². The Balaban J connectivity index is 1.68. The summed E-state index contributed by atoms with van der Waals surface area (Å²) in [5.74, 6) is 0.122. The number of nitrogens with zero attached hydrogens (tertiary/aromatic N) is 7. The standard InChI is InChI=1S/C25H30F3N7O2/c1-14-13-35(22-21-23(33(6)24(36)31-22)32(5)20(30-21)9-10-29)15(2)12-34(14)16(3)18-8-7-17(26)11-19(18)37-25(4,27)28/h7-8,11,14-16H,9,12-13H2,1-6H3/t14-,15+,16?/m1/s1. The van der Waals surface area contributed by atoms with E-state index in [1.54, 1.807) is 18.7 Å². The Morgan fingerprint density at radius 1 is 1.19 bits per heavy atom. The molecular formula is C25H30F3N7O2. The van der Waals surface area contributed by atoms with Crippen LogP contribution in [0.3, 0.4) is 0 Å². The lowest BCUT2D eigenvalue weighted by atomic mass is 10.00. The first-order chi connectivity index (χ1) is 17.3. The third-order valence-corrected chi connectivity index (χ3v) is 6.93. The smallest absolute Gasteiger partial charge is 0.394 e. The number of hydrogen-bond acceptors (Lipinski definition) is 7. The molecule has 0 amide bonds. The van der Waals surface area contributed by atoms with Gasteiger partial charge in [-0.25, -0.2) is 14.2 Å². The van der Waals surface area contributed by atoms with Crippen molar-refractivity contribution in [2.45, 2.75) is 58.3 Å². The lowest BCUT2D eigenvalue weighted by molar-refractivity contribution is -0.159. The number of anilines is 1. The van der Waals surface area contributed by atoms with Crippen molar-refractivity contribution in [2.24, 2.45) is 14.1 Å². The van der Waals surface area contributed by atoms with E-state index >= 15 is 0 Å². The van der Waals surface area contributed by atoms with Gasteiger partial charge in [-0.2, -0.15) is 19.0 Å². The molecule has 0 saturated carbocycles. The van der Waals surface area contributed by atoms with Crippen molar-refractivity contribution in [1.82, 2.24) is 24.0 Å². The molecule has 4 rings (SSSR count). The Hall–Kier alpha value is -3.59. The van der Waals surface area contributed by atoms with Crippen LogP contribution in [0.25, 0.3) is 11.2 Å². The molecule has 1 aliphatic rings. The zero-order valence-electron chi connectivity index (χ0n) is 21.7. The average molecular weight is 518 g/mol. The molecule has 198 valence electrons. The van der Waals surface area contributed by atoms with Crippen molar-refractivity contribution in [2.75, 3.05) is 18.0 Å². The highest BCUT2D eigenvalue weighted by molar-refractivity contribution is 5.84. The Morgan fingerprint density at radius 2 is 1.89 bits per heavy atom. The molecule has 37 heavy (non-hydrogen) atoms. The minimum Gasteiger partial charge on any atom is -0.432 e. The second-order valence-corrected chi connectivity index (χ2v) is 9.69. The fraction of sp³-hybridized carbons (Fsp3) is 0.520. The number of benzene rings is 1. The first-order valence-corrected chi connectivity index (χ1v) is 12.0. The number of nitriles is 1. The zero-order valence-corrected chi connectivity index (χ0v) is 21.7. The first-order valence-electron chi connectivity index (χ1n) is 12.0. The molecule has 1 fully saturated rings. The summed E-state index contributed by atoms with van der Waals surface area (Å²) in [7, 11) is 3.38. The maximum absolute atomic E-state index is 13.9. The van der Waals surface area contributed by atoms with Gasteiger partial charge in [0.25, 0.3) is 0 Å². The van der Waals surface area contributed by atoms with Crippen LogP contribution in [0.1, 0.15) is 45.1 Å². The molecule has 3 heterocycles. The lowest BCUT2D eigenvalue weighted by Crippen LogP contribution is -2.57. The molecule has 1 unspecified atom stereocenters. The SMILES string of the molecule is CC(c1ccc(F)cc1OC(C)(F)F)N1C[C@H](C)N(c2nc(=O)n(C)c3c2nc(CC#N)n3C)C[C@H]1C. The number of imidazole rings is 1. The molecule has 3 atom stereocenters. The van der Waals surface area contributed by atoms with Gasteiger partial charge in [-0.15, -0.1) is 0 Å². The second-order valence-electron chi connectivity index (χ2n) is 9.69. The molecule has 1 saturated heterocycles. The predicted octanol–water partition coefficient (Wildman–Crippen LogP) is 3.52. The van der Waals surface area contributed by atoms with Crippen LogP contribution >= 0.6 is 0 Å². The number of halogens is 3. The number of piperazine rings is 1. The molecular weight excluding hydrogens is 487 g/mol. The van der Waals surface area contributed by atoms with Gasteiger partial charge >= 0.3 is 11.8 Å². The summed E-state index contributed by atoms with van der Waals surface area (Å²) in [4.78, 5) is 25.9. The minimum atomic E-state index is -3.45. The maximum atomic E-state index is 13.9. The van der Waals surface area contributed by atoms with Crippen molar-refractivity contribution in [1.29, 1.82) is 5.26 Å². The minimum absolute atomic E-state index is 0.0885. The van der Waals surface area contributed by atoms with E-state index in [9.17, 15) is 23.2 Å². The molecule has 0 aliphatic carbocycles. The van der Waals surface area contributed by atoms with Crippen molar-refractivity contribution < 1.29 is 17.9 Å². The van der Waals surface area contributed by atoms with E-state index in [0.29, 0.717) is 48.4 Å². The Bertz CT molecular complexity index is 1420. The lowest BCUT2D eigenvalue weighted by Gasteiger charge is -2.47. The molecule has 1 aromatic carbocycles. The molecule has 0 spiro atoms. The number of ether oxygens (including phenoxy) is 1. The topological polar surface area (TPSA) is 92.2 Å². The largest absolute Gasteiger partial charge is 0.432 e. The molecule has 3 aromatic rings. The van der Waals surface area contributed by atoms with Gasteiger partial charge in [0.2, 0.25) is 0 Å². The summed E-state index contributed by atoms with van der Waals surface area (Å²) >= 11 is 0. The number of rotatable bonds is 6. The summed E-state index contributed by atoms with van der Waals surface area (Å²) < 4.78 is 49.1. The number of fused-ring (bicyclic) bond motifs is 1. The summed E-state index contributed by atoms with van der Waals surface area (Å²) in [5, 5.41) is 9.19. The highest BCUT2D eigenvalue weighted by Crippen LogP contribution is 2.36. The van der Waals surface area contributed by atoms with Gasteiger partial charge < -0.3 is 14.2 Å². The van der Waals surface area contributed by atoms with Gasteiger partial charge in [0, 0.05) is 63.9 Å². The van der Waals surface area contributed by atoms with E-state index in [-0.39, 0.29) is 30.3 Å². The van der Waals surface area contributed by atoms with Crippen LogP contribution in [0.15, 0.2) is 23.0 Å². The highest BCUT2D eigenvalue weighted by Gasteiger charge is 2.36. The van der Waals surface area contributed by atoms with Gasteiger partial charge in [-0.05, 0) is 26.8 Å². The average Bonchev–Trinajstić information content (AvgIpc) is 3.13. The van der Waals surface area contributed by atoms with E-state index in [0.717, 1.165) is 6.07 Å². The number of hydrogen-bond donors (Lipinski definition) is 0. The van der Waals surface area contributed by atoms with Crippen LogP contribution in [0.2, 0.25) is 0 Å². The summed E-state index contributed by atoms with van der Waals surface area (Å²) in [6.45, 7) is 7.45.